The van der Waals surface area contributed by atoms with Gasteiger partial charge in [-0.05, 0) is 18.2 Å². The van der Waals surface area contributed by atoms with Crippen molar-refractivity contribution in [1.82, 2.24) is 4.57 Å². The van der Waals surface area contributed by atoms with E-state index in [2.05, 4.69) is 5.32 Å². The molecule has 0 radical (unpaired) electrons. The highest BCUT2D eigenvalue weighted by molar-refractivity contribution is 5.90. The van der Waals surface area contributed by atoms with E-state index in [1.165, 1.54) is 10.6 Å². The van der Waals surface area contributed by atoms with Crippen molar-refractivity contribution in [3.63, 3.8) is 0 Å². The van der Waals surface area contributed by atoms with Crippen LogP contribution in [-0.2, 0) is 11.3 Å². The van der Waals surface area contributed by atoms with Crippen molar-refractivity contribution < 1.29 is 14.3 Å². The highest BCUT2D eigenvalue weighted by atomic mass is 16.5. The van der Waals surface area contributed by atoms with Gasteiger partial charge in [-0.25, -0.2) is 0 Å². The number of pyridine rings is 1. The van der Waals surface area contributed by atoms with Crippen molar-refractivity contribution in [3.8, 4) is 11.5 Å². The Kier molecular flexibility index (Phi) is 4.09. The molecule has 1 aliphatic rings. The van der Waals surface area contributed by atoms with Gasteiger partial charge in [-0.3, -0.25) is 9.59 Å². The molecule has 1 aliphatic heterocycles. The molecule has 0 bridgehead atoms. The normalized spacial score (nSPS) is 13.3. The van der Waals surface area contributed by atoms with E-state index in [-0.39, 0.29) is 18.0 Å². The monoisotopic (exact) mass is 300 g/mol. The lowest BCUT2D eigenvalue weighted by Crippen LogP contribution is -2.26. The van der Waals surface area contributed by atoms with Gasteiger partial charge in [0.1, 0.15) is 6.54 Å². The van der Waals surface area contributed by atoms with Crippen LogP contribution in [0.4, 0.5) is 5.69 Å². The third kappa shape index (κ3) is 3.28. The quantitative estimate of drug-likeness (QED) is 0.935. The second-order valence-electron chi connectivity index (χ2n) is 4.93. The molecule has 0 unspecified atom stereocenters. The first-order chi connectivity index (χ1) is 10.7. The van der Waals surface area contributed by atoms with Crippen molar-refractivity contribution >= 4 is 11.6 Å². The standard InChI is InChI=1S/C16H16N2O4/c19-15(11-18-7-2-1-4-16(18)20)17-12-5-6-13-14(10-12)22-9-3-8-21-13/h1-2,4-7,10H,3,8-9,11H2,(H,17,19). The Balaban J connectivity index is 1.70. The lowest BCUT2D eigenvalue weighted by molar-refractivity contribution is -0.116. The third-order valence-corrected chi connectivity index (χ3v) is 3.24. The summed E-state index contributed by atoms with van der Waals surface area (Å²) in [5, 5.41) is 2.75. The fourth-order valence-corrected chi connectivity index (χ4v) is 2.19. The highest BCUT2D eigenvalue weighted by Gasteiger charge is 2.12. The summed E-state index contributed by atoms with van der Waals surface area (Å²) in [4.78, 5) is 23.6. The molecule has 1 aromatic heterocycles. The van der Waals surface area contributed by atoms with Gasteiger partial charge in [0.2, 0.25) is 5.91 Å². The lowest BCUT2D eigenvalue weighted by Gasteiger charge is -2.11. The number of rotatable bonds is 3. The van der Waals surface area contributed by atoms with E-state index in [0.29, 0.717) is 30.4 Å². The van der Waals surface area contributed by atoms with Gasteiger partial charge in [0.05, 0.1) is 13.2 Å². The topological polar surface area (TPSA) is 69.6 Å². The van der Waals surface area contributed by atoms with E-state index in [0.717, 1.165) is 6.42 Å². The Labute approximate surface area is 127 Å². The van der Waals surface area contributed by atoms with Crippen LogP contribution in [0.1, 0.15) is 6.42 Å². The summed E-state index contributed by atoms with van der Waals surface area (Å²) < 4.78 is 12.5. The first kappa shape index (κ1) is 14.2. The molecule has 0 saturated heterocycles. The first-order valence-corrected chi connectivity index (χ1v) is 7.07. The number of carbonyl (C=O) groups is 1. The van der Waals surface area contributed by atoms with Gasteiger partial charge in [-0.2, -0.15) is 0 Å². The second kappa shape index (κ2) is 6.34. The minimum atomic E-state index is -0.275. The second-order valence-corrected chi connectivity index (χ2v) is 4.93. The molecular weight excluding hydrogens is 284 g/mol. The van der Waals surface area contributed by atoms with Gasteiger partial charge in [-0.1, -0.05) is 6.07 Å². The number of carbonyl (C=O) groups excluding carboxylic acids is 1. The summed E-state index contributed by atoms with van der Waals surface area (Å²) in [6.07, 6.45) is 2.41. The summed E-state index contributed by atoms with van der Waals surface area (Å²) in [7, 11) is 0. The average Bonchev–Trinajstić information content (AvgIpc) is 2.74. The maximum Gasteiger partial charge on any atom is 0.250 e. The van der Waals surface area contributed by atoms with Gasteiger partial charge in [-0.15, -0.1) is 0 Å². The fraction of sp³-hybridized carbons (Fsp3) is 0.250. The Morgan fingerprint density at radius 2 is 1.95 bits per heavy atom. The lowest BCUT2D eigenvalue weighted by atomic mass is 10.2. The zero-order chi connectivity index (χ0) is 15.4. The summed E-state index contributed by atoms with van der Waals surface area (Å²) in [5.74, 6) is 1.02. The number of nitrogens with zero attached hydrogens (tertiary/aromatic N) is 1. The van der Waals surface area contributed by atoms with E-state index < -0.39 is 0 Å². The molecule has 0 spiro atoms. The van der Waals surface area contributed by atoms with Crippen LogP contribution in [0.25, 0.3) is 0 Å². The van der Waals surface area contributed by atoms with Crippen molar-refractivity contribution in [2.75, 3.05) is 18.5 Å². The van der Waals surface area contributed by atoms with Crippen LogP contribution in [0.2, 0.25) is 0 Å². The maximum absolute atomic E-state index is 12.0. The molecule has 114 valence electrons. The Morgan fingerprint density at radius 3 is 2.77 bits per heavy atom. The van der Waals surface area contributed by atoms with Crippen LogP contribution in [-0.4, -0.2) is 23.7 Å². The molecule has 0 atom stereocenters. The molecule has 2 heterocycles. The molecule has 1 amide bonds. The molecule has 0 saturated carbocycles. The van der Waals surface area contributed by atoms with Crippen molar-refractivity contribution in [2.45, 2.75) is 13.0 Å². The molecule has 22 heavy (non-hydrogen) atoms. The predicted octanol–water partition coefficient (Wildman–Crippen LogP) is 1.65. The summed E-state index contributed by atoms with van der Waals surface area (Å²) in [6.45, 7) is 1.17. The molecule has 1 aromatic carbocycles. The van der Waals surface area contributed by atoms with Crippen LogP contribution < -0.4 is 20.3 Å². The van der Waals surface area contributed by atoms with E-state index in [4.69, 9.17) is 9.47 Å². The fourth-order valence-electron chi connectivity index (χ4n) is 2.19. The van der Waals surface area contributed by atoms with Gasteiger partial charge < -0.3 is 19.4 Å². The zero-order valence-electron chi connectivity index (χ0n) is 12.0. The van der Waals surface area contributed by atoms with Crippen LogP contribution >= 0.6 is 0 Å². The van der Waals surface area contributed by atoms with Crippen LogP contribution in [0.5, 0.6) is 11.5 Å². The Hall–Kier alpha value is -2.76. The Morgan fingerprint density at radius 1 is 1.14 bits per heavy atom. The van der Waals surface area contributed by atoms with Crippen molar-refractivity contribution in [2.24, 2.45) is 0 Å². The summed E-state index contributed by atoms with van der Waals surface area (Å²) >= 11 is 0. The number of benzene rings is 1. The molecule has 3 rings (SSSR count). The number of anilines is 1. The molecule has 1 N–H and O–H groups in total. The van der Waals surface area contributed by atoms with Gasteiger partial charge in [0.15, 0.2) is 11.5 Å². The van der Waals surface area contributed by atoms with E-state index >= 15 is 0 Å². The number of hydrogen-bond donors (Lipinski definition) is 1. The maximum atomic E-state index is 12.0. The van der Waals surface area contributed by atoms with Crippen molar-refractivity contribution in [1.29, 1.82) is 0 Å². The van der Waals surface area contributed by atoms with Gasteiger partial charge in [0.25, 0.3) is 5.56 Å². The summed E-state index contributed by atoms with van der Waals surface area (Å²) in [5.41, 5.74) is 0.398. The van der Waals surface area contributed by atoms with E-state index in [1.807, 2.05) is 0 Å². The molecular formula is C16H16N2O4. The van der Waals surface area contributed by atoms with Gasteiger partial charge >= 0.3 is 0 Å². The Bertz CT molecular complexity index is 739. The van der Waals surface area contributed by atoms with Crippen molar-refractivity contribution in [3.05, 3.63) is 52.9 Å². The molecule has 6 heteroatoms. The number of nitrogens with one attached hydrogen (secondary N) is 1. The highest BCUT2D eigenvalue weighted by Crippen LogP contribution is 2.32. The zero-order valence-corrected chi connectivity index (χ0v) is 12.0. The largest absolute Gasteiger partial charge is 0.490 e. The smallest absolute Gasteiger partial charge is 0.250 e. The number of amides is 1. The number of hydrogen-bond acceptors (Lipinski definition) is 4. The van der Waals surface area contributed by atoms with Crippen LogP contribution in [0.15, 0.2) is 47.4 Å². The number of aromatic nitrogens is 1. The average molecular weight is 300 g/mol. The van der Waals surface area contributed by atoms with E-state index in [9.17, 15) is 9.59 Å². The molecule has 6 nitrogen and oxygen atoms in total. The first-order valence-electron chi connectivity index (χ1n) is 7.07. The number of ether oxygens (including phenoxy) is 2. The minimum absolute atomic E-state index is 0.0336. The number of fused-ring (bicyclic) bond motifs is 1. The minimum Gasteiger partial charge on any atom is -0.490 e. The SMILES string of the molecule is O=C(Cn1ccccc1=O)Nc1ccc2c(c1)OCCCO2. The van der Waals surface area contributed by atoms with Crippen LogP contribution in [0, 0.1) is 0 Å². The van der Waals surface area contributed by atoms with Gasteiger partial charge in [0, 0.05) is 30.4 Å². The molecule has 2 aromatic rings. The molecule has 0 fully saturated rings. The van der Waals surface area contributed by atoms with E-state index in [1.54, 1.807) is 36.5 Å². The van der Waals surface area contributed by atoms with Crippen LogP contribution in [0.3, 0.4) is 0 Å². The third-order valence-electron chi connectivity index (χ3n) is 3.24. The molecule has 0 aliphatic carbocycles. The predicted molar refractivity (Wildman–Crippen MR) is 81.4 cm³/mol. The summed E-state index contributed by atoms with van der Waals surface area (Å²) in [6, 6.07) is 10.0.